The maximum Gasteiger partial charge on any atom is 0.194 e. The van der Waals surface area contributed by atoms with Crippen molar-refractivity contribution in [2.45, 2.75) is 12.0 Å². The molecule has 2 atom stereocenters. The van der Waals surface area contributed by atoms with Crippen LogP contribution in [0.25, 0.3) is 11.3 Å². The Morgan fingerprint density at radius 3 is 2.69 bits per heavy atom. The van der Waals surface area contributed by atoms with Crippen LogP contribution in [0.2, 0.25) is 0 Å². The minimum atomic E-state index is -1.46. The SMILES string of the molecule is N[C@H]1CN(c2cc(-c3ccsc3)ncn2)C[C@@H]1c1ccc(F)c(F)c1F. The molecule has 0 unspecified atom stereocenters. The standard InChI is InChI=1S/C18H15F3N4S/c19-13-2-1-11(17(20)18(13)21)12-6-25(7-14(12)22)16-5-15(23-9-24-16)10-3-4-26-8-10/h1-5,8-9,12,14H,6-7,22H2/t12-,14+/m1/s1. The highest BCUT2D eigenvalue weighted by Crippen LogP contribution is 2.33. The Labute approximate surface area is 152 Å². The molecule has 3 heterocycles. The van der Waals surface area contributed by atoms with E-state index in [1.54, 1.807) is 11.3 Å². The number of hydrogen-bond acceptors (Lipinski definition) is 5. The number of anilines is 1. The molecule has 134 valence electrons. The second-order valence-corrected chi connectivity index (χ2v) is 6.99. The molecule has 0 spiro atoms. The highest BCUT2D eigenvalue weighted by molar-refractivity contribution is 7.08. The molecular weight excluding hydrogens is 361 g/mol. The Balaban J connectivity index is 1.62. The van der Waals surface area contributed by atoms with Crippen molar-refractivity contribution in [1.29, 1.82) is 0 Å². The fourth-order valence-corrected chi connectivity index (χ4v) is 3.91. The topological polar surface area (TPSA) is 55.0 Å². The zero-order chi connectivity index (χ0) is 18.3. The van der Waals surface area contributed by atoms with E-state index in [0.29, 0.717) is 18.9 Å². The van der Waals surface area contributed by atoms with Gasteiger partial charge in [-0.15, -0.1) is 0 Å². The van der Waals surface area contributed by atoms with Crippen LogP contribution in [0.5, 0.6) is 0 Å². The third-order valence-corrected chi connectivity index (χ3v) is 5.31. The van der Waals surface area contributed by atoms with Gasteiger partial charge in [-0.2, -0.15) is 11.3 Å². The summed E-state index contributed by atoms with van der Waals surface area (Å²) in [7, 11) is 0. The van der Waals surface area contributed by atoms with Gasteiger partial charge in [0.25, 0.3) is 0 Å². The van der Waals surface area contributed by atoms with Crippen molar-refractivity contribution in [2.24, 2.45) is 5.73 Å². The summed E-state index contributed by atoms with van der Waals surface area (Å²) in [6.45, 7) is 0.798. The lowest BCUT2D eigenvalue weighted by atomic mass is 9.94. The molecule has 2 N–H and O–H groups in total. The Morgan fingerprint density at radius 2 is 1.92 bits per heavy atom. The second kappa shape index (κ2) is 6.69. The number of hydrogen-bond donors (Lipinski definition) is 1. The number of thiophene rings is 1. The fourth-order valence-electron chi connectivity index (χ4n) is 3.26. The zero-order valence-electron chi connectivity index (χ0n) is 13.6. The normalized spacial score (nSPS) is 19.9. The molecule has 0 amide bonds. The minimum Gasteiger partial charge on any atom is -0.354 e. The van der Waals surface area contributed by atoms with Gasteiger partial charge in [0.05, 0.1) is 5.69 Å². The summed E-state index contributed by atoms with van der Waals surface area (Å²) < 4.78 is 40.9. The Morgan fingerprint density at radius 1 is 1.08 bits per heavy atom. The van der Waals surface area contributed by atoms with E-state index in [2.05, 4.69) is 9.97 Å². The summed E-state index contributed by atoms with van der Waals surface area (Å²) in [6, 6.07) is 5.58. The van der Waals surface area contributed by atoms with Gasteiger partial charge < -0.3 is 10.6 Å². The number of halogens is 3. The highest BCUT2D eigenvalue weighted by atomic mass is 32.1. The summed E-state index contributed by atoms with van der Waals surface area (Å²) in [5.41, 5.74) is 8.03. The molecule has 0 radical (unpaired) electrons. The van der Waals surface area contributed by atoms with Crippen molar-refractivity contribution in [1.82, 2.24) is 9.97 Å². The maximum atomic E-state index is 14.2. The molecule has 1 saturated heterocycles. The molecule has 0 bridgehead atoms. The van der Waals surface area contributed by atoms with Crippen LogP contribution < -0.4 is 10.6 Å². The summed E-state index contributed by atoms with van der Waals surface area (Å²) >= 11 is 1.57. The first-order valence-corrected chi connectivity index (χ1v) is 8.97. The molecule has 4 rings (SSSR count). The van der Waals surface area contributed by atoms with Crippen LogP contribution in [0.15, 0.2) is 41.4 Å². The van der Waals surface area contributed by atoms with E-state index in [0.717, 1.165) is 17.3 Å². The summed E-state index contributed by atoms with van der Waals surface area (Å²) in [4.78, 5) is 10.5. The van der Waals surface area contributed by atoms with Gasteiger partial charge in [-0.25, -0.2) is 23.1 Å². The minimum absolute atomic E-state index is 0.0889. The van der Waals surface area contributed by atoms with Crippen LogP contribution in [0, 0.1) is 17.5 Å². The summed E-state index contributed by atoms with van der Waals surface area (Å²) in [6.07, 6.45) is 1.47. The third kappa shape index (κ3) is 2.95. The van der Waals surface area contributed by atoms with Crippen LogP contribution in [0.3, 0.4) is 0 Å². The smallest absolute Gasteiger partial charge is 0.194 e. The molecule has 3 aromatic rings. The molecule has 26 heavy (non-hydrogen) atoms. The van der Waals surface area contributed by atoms with Gasteiger partial charge in [-0.3, -0.25) is 0 Å². The first kappa shape index (κ1) is 17.0. The van der Waals surface area contributed by atoms with Crippen molar-refractivity contribution >= 4 is 17.2 Å². The van der Waals surface area contributed by atoms with Gasteiger partial charge in [-0.05, 0) is 23.1 Å². The van der Waals surface area contributed by atoms with E-state index in [9.17, 15) is 13.2 Å². The van der Waals surface area contributed by atoms with Crippen molar-refractivity contribution in [3.05, 3.63) is 64.4 Å². The average Bonchev–Trinajstić information content (AvgIpc) is 3.30. The molecule has 1 aromatic carbocycles. The van der Waals surface area contributed by atoms with E-state index >= 15 is 0 Å². The van der Waals surface area contributed by atoms with Gasteiger partial charge in [-0.1, -0.05) is 6.07 Å². The lowest BCUT2D eigenvalue weighted by Crippen LogP contribution is -2.29. The van der Waals surface area contributed by atoms with Gasteiger partial charge in [0.15, 0.2) is 17.5 Å². The van der Waals surface area contributed by atoms with Crippen LogP contribution in [-0.2, 0) is 0 Å². The van der Waals surface area contributed by atoms with Crippen LogP contribution >= 0.6 is 11.3 Å². The van der Waals surface area contributed by atoms with E-state index in [1.807, 2.05) is 27.8 Å². The van der Waals surface area contributed by atoms with Gasteiger partial charge in [0.1, 0.15) is 12.1 Å². The monoisotopic (exact) mass is 376 g/mol. The van der Waals surface area contributed by atoms with Gasteiger partial charge >= 0.3 is 0 Å². The number of nitrogens with zero attached hydrogens (tertiary/aromatic N) is 3. The number of aromatic nitrogens is 2. The van der Waals surface area contributed by atoms with E-state index in [-0.39, 0.29) is 5.56 Å². The van der Waals surface area contributed by atoms with Crippen molar-refractivity contribution in [3.63, 3.8) is 0 Å². The molecular formula is C18H15F3N4S. The second-order valence-electron chi connectivity index (χ2n) is 6.21. The quantitative estimate of drug-likeness (QED) is 0.711. The highest BCUT2D eigenvalue weighted by Gasteiger charge is 2.35. The van der Waals surface area contributed by atoms with Crippen molar-refractivity contribution in [2.75, 3.05) is 18.0 Å². The van der Waals surface area contributed by atoms with Gasteiger partial charge in [0, 0.05) is 42.1 Å². The summed E-state index contributed by atoms with van der Waals surface area (Å²) in [5, 5.41) is 3.95. The predicted octanol–water partition coefficient (Wildman–Crippen LogP) is 3.55. The van der Waals surface area contributed by atoms with Crippen LogP contribution in [0.1, 0.15) is 11.5 Å². The number of benzene rings is 1. The third-order valence-electron chi connectivity index (χ3n) is 4.62. The van der Waals surface area contributed by atoms with Crippen LogP contribution in [-0.4, -0.2) is 29.1 Å². The molecule has 0 aliphatic carbocycles. The number of nitrogens with two attached hydrogens (primary N) is 1. The Bertz CT molecular complexity index is 932. The van der Waals surface area contributed by atoms with Crippen molar-refractivity contribution in [3.8, 4) is 11.3 Å². The maximum absolute atomic E-state index is 14.2. The Hall–Kier alpha value is -2.45. The molecule has 1 aliphatic rings. The van der Waals surface area contributed by atoms with Gasteiger partial charge in [0.2, 0.25) is 0 Å². The molecule has 4 nitrogen and oxygen atoms in total. The van der Waals surface area contributed by atoms with Crippen LogP contribution in [0.4, 0.5) is 19.0 Å². The molecule has 1 aliphatic heterocycles. The Kier molecular flexibility index (Phi) is 4.37. The predicted molar refractivity (Wildman–Crippen MR) is 94.6 cm³/mol. The van der Waals surface area contributed by atoms with E-state index in [4.69, 9.17) is 5.73 Å². The first-order valence-electron chi connectivity index (χ1n) is 8.03. The average molecular weight is 376 g/mol. The van der Waals surface area contributed by atoms with E-state index in [1.165, 1.54) is 12.4 Å². The largest absolute Gasteiger partial charge is 0.354 e. The van der Waals surface area contributed by atoms with E-state index < -0.39 is 29.4 Å². The number of rotatable bonds is 3. The zero-order valence-corrected chi connectivity index (χ0v) is 14.4. The lowest BCUT2D eigenvalue weighted by Gasteiger charge is -2.18. The first-order chi connectivity index (χ1) is 12.5. The molecule has 8 heteroatoms. The molecule has 1 fully saturated rings. The fraction of sp³-hybridized carbons (Fsp3) is 0.222. The lowest BCUT2D eigenvalue weighted by molar-refractivity contribution is 0.434. The molecule has 2 aromatic heterocycles. The summed E-state index contributed by atoms with van der Waals surface area (Å²) in [5.74, 6) is -3.62. The van der Waals surface area contributed by atoms with Crippen molar-refractivity contribution < 1.29 is 13.2 Å². The molecule has 0 saturated carbocycles.